The Labute approximate surface area is 329 Å². The summed E-state index contributed by atoms with van der Waals surface area (Å²) in [5, 5.41) is 13.6. The molecule has 0 atom stereocenters. The molecular weight excluding hydrogens is 689 g/mol. The van der Waals surface area contributed by atoms with Gasteiger partial charge in [0, 0.05) is 38.2 Å². The number of rotatable bonds is 4. The Kier molecular flexibility index (Phi) is 6.96. The molecule has 0 unspecified atom stereocenters. The molecule has 0 amide bonds. The highest BCUT2D eigenvalue weighted by atomic mass is 15.0. The number of benzene rings is 10. The molecule has 0 aliphatic heterocycles. The Bertz CT molecular complexity index is 3520. The van der Waals surface area contributed by atoms with Crippen LogP contribution in [0.25, 0.3) is 115 Å². The zero-order valence-electron chi connectivity index (χ0n) is 31.0. The molecule has 0 spiro atoms. The lowest BCUT2D eigenvalue weighted by atomic mass is 9.85. The van der Waals surface area contributed by atoms with Gasteiger partial charge in [0.05, 0.1) is 22.2 Å². The second kappa shape index (κ2) is 12.5. The van der Waals surface area contributed by atoms with E-state index in [4.69, 9.17) is 4.98 Å². The van der Waals surface area contributed by atoms with Gasteiger partial charge in [-0.05, 0) is 91.0 Å². The minimum atomic E-state index is 1.00. The third kappa shape index (κ3) is 4.81. The maximum Gasteiger partial charge on any atom is 0.0788 e. The van der Waals surface area contributed by atoms with Crippen LogP contribution in [0, 0.1) is 0 Å². The van der Waals surface area contributed by atoms with E-state index in [1.54, 1.807) is 0 Å². The Morgan fingerprint density at radius 2 is 0.895 bits per heavy atom. The average molecular weight is 723 g/mol. The summed E-state index contributed by atoms with van der Waals surface area (Å²) < 4.78 is 2.46. The molecule has 57 heavy (non-hydrogen) atoms. The van der Waals surface area contributed by atoms with E-state index in [1.807, 2.05) is 0 Å². The van der Waals surface area contributed by atoms with Crippen LogP contribution >= 0.6 is 0 Å². The van der Waals surface area contributed by atoms with Gasteiger partial charge in [0.2, 0.25) is 0 Å². The number of fused-ring (bicyclic) bond motifs is 10. The van der Waals surface area contributed by atoms with Gasteiger partial charge >= 0.3 is 0 Å². The van der Waals surface area contributed by atoms with E-state index in [1.165, 1.54) is 87.1 Å². The van der Waals surface area contributed by atoms with Crippen molar-refractivity contribution in [2.24, 2.45) is 0 Å². The SMILES string of the molecule is c1ccc(-c2nc3ccccc3c3c2ccc2c3c3ccccc3n2-c2cccc(-c3c4ccccc4c(-c4ccc5ccccc5c4)c4ccccc34)c2)cc1. The highest BCUT2D eigenvalue weighted by Crippen LogP contribution is 2.46. The zero-order chi connectivity index (χ0) is 37.5. The first kappa shape index (κ1) is 31.8. The molecule has 0 radical (unpaired) electrons. The van der Waals surface area contributed by atoms with Crippen molar-refractivity contribution in [3.63, 3.8) is 0 Å². The summed E-state index contributed by atoms with van der Waals surface area (Å²) in [7, 11) is 0. The molecule has 0 fully saturated rings. The zero-order valence-corrected chi connectivity index (χ0v) is 31.0. The van der Waals surface area contributed by atoms with Crippen LogP contribution in [-0.4, -0.2) is 9.55 Å². The lowest BCUT2D eigenvalue weighted by molar-refractivity contribution is 1.18. The van der Waals surface area contributed by atoms with Crippen LogP contribution < -0.4 is 0 Å². The van der Waals surface area contributed by atoms with Crippen molar-refractivity contribution in [1.29, 1.82) is 0 Å². The Balaban J connectivity index is 1.13. The first-order chi connectivity index (χ1) is 28.3. The fraction of sp³-hybridized carbons (Fsp3) is 0. The van der Waals surface area contributed by atoms with Gasteiger partial charge in [0.1, 0.15) is 0 Å². The maximum atomic E-state index is 5.25. The number of aromatic nitrogens is 2. The van der Waals surface area contributed by atoms with Crippen molar-refractivity contribution in [1.82, 2.24) is 9.55 Å². The predicted octanol–water partition coefficient (Wildman–Crippen LogP) is 14.9. The number of nitrogens with zero attached hydrogens (tertiary/aromatic N) is 2. The average Bonchev–Trinajstić information content (AvgIpc) is 3.62. The molecule has 12 aromatic rings. The van der Waals surface area contributed by atoms with Gasteiger partial charge in [0.15, 0.2) is 0 Å². The number of pyridine rings is 1. The van der Waals surface area contributed by atoms with Crippen molar-refractivity contribution >= 4 is 75.8 Å². The first-order valence-electron chi connectivity index (χ1n) is 19.6. The normalized spacial score (nSPS) is 11.9. The van der Waals surface area contributed by atoms with Gasteiger partial charge in [-0.2, -0.15) is 0 Å². The summed E-state index contributed by atoms with van der Waals surface area (Å²) in [5.41, 5.74) is 11.6. The second-order valence-electron chi connectivity index (χ2n) is 15.0. The maximum absolute atomic E-state index is 5.25. The quantitative estimate of drug-likeness (QED) is 0.131. The van der Waals surface area contributed by atoms with Crippen molar-refractivity contribution in [2.75, 3.05) is 0 Å². The van der Waals surface area contributed by atoms with E-state index < -0.39 is 0 Å². The standard InChI is InChI=1S/C55H34N2/c1-2-16-36(17-3-1)55-47-31-32-50-54(53(47)45-25-10-12-27-48(45)56-55)46-26-11-13-28-49(46)57(50)40-20-14-19-38(34-40)51-41-21-6-8-23-43(41)52(44-24-9-7-22-42(44)51)39-30-29-35-15-4-5-18-37(35)33-39/h1-34H. The van der Waals surface area contributed by atoms with Gasteiger partial charge in [-0.25, -0.2) is 4.98 Å². The fourth-order valence-electron chi connectivity index (χ4n) is 9.49. The number of para-hydroxylation sites is 2. The molecular formula is C55H34N2. The van der Waals surface area contributed by atoms with Gasteiger partial charge in [-0.1, -0.05) is 170 Å². The predicted molar refractivity (Wildman–Crippen MR) is 242 cm³/mol. The van der Waals surface area contributed by atoms with Gasteiger partial charge < -0.3 is 4.57 Å². The summed E-state index contributed by atoms with van der Waals surface area (Å²) in [6, 6.07) is 75.2. The Morgan fingerprint density at radius 3 is 1.63 bits per heavy atom. The fourth-order valence-corrected chi connectivity index (χ4v) is 9.49. The van der Waals surface area contributed by atoms with Crippen molar-refractivity contribution in [3.8, 4) is 39.2 Å². The smallest absolute Gasteiger partial charge is 0.0788 e. The molecule has 2 nitrogen and oxygen atoms in total. The molecule has 0 saturated carbocycles. The molecule has 0 N–H and O–H groups in total. The molecule has 2 aromatic heterocycles. The summed E-state index contributed by atoms with van der Waals surface area (Å²) in [5.74, 6) is 0. The molecule has 12 rings (SSSR count). The number of hydrogen-bond acceptors (Lipinski definition) is 1. The largest absolute Gasteiger partial charge is 0.309 e. The van der Waals surface area contributed by atoms with E-state index in [-0.39, 0.29) is 0 Å². The molecule has 2 heterocycles. The molecule has 0 saturated heterocycles. The van der Waals surface area contributed by atoms with Gasteiger partial charge in [-0.3, -0.25) is 0 Å². The van der Waals surface area contributed by atoms with Crippen LogP contribution in [0.1, 0.15) is 0 Å². The van der Waals surface area contributed by atoms with Crippen LogP contribution in [0.2, 0.25) is 0 Å². The van der Waals surface area contributed by atoms with Crippen molar-refractivity contribution < 1.29 is 0 Å². The van der Waals surface area contributed by atoms with Crippen LogP contribution in [0.3, 0.4) is 0 Å². The lowest BCUT2D eigenvalue weighted by Gasteiger charge is -2.19. The summed E-state index contributed by atoms with van der Waals surface area (Å²) in [4.78, 5) is 5.25. The van der Waals surface area contributed by atoms with E-state index in [2.05, 4.69) is 211 Å². The summed E-state index contributed by atoms with van der Waals surface area (Å²) in [6.07, 6.45) is 0. The Morgan fingerprint density at radius 1 is 0.316 bits per heavy atom. The minimum Gasteiger partial charge on any atom is -0.309 e. The molecule has 264 valence electrons. The third-order valence-corrected chi connectivity index (χ3v) is 11.9. The van der Waals surface area contributed by atoms with Gasteiger partial charge in [0.25, 0.3) is 0 Å². The van der Waals surface area contributed by atoms with Gasteiger partial charge in [-0.15, -0.1) is 0 Å². The van der Waals surface area contributed by atoms with Crippen molar-refractivity contribution in [3.05, 3.63) is 206 Å². The topological polar surface area (TPSA) is 17.8 Å². The minimum absolute atomic E-state index is 1.00. The molecule has 0 aliphatic rings. The van der Waals surface area contributed by atoms with Crippen LogP contribution in [-0.2, 0) is 0 Å². The molecule has 0 bridgehead atoms. The van der Waals surface area contributed by atoms with E-state index in [0.29, 0.717) is 0 Å². The molecule has 10 aromatic carbocycles. The monoisotopic (exact) mass is 722 g/mol. The Hall–Kier alpha value is -7.55. The van der Waals surface area contributed by atoms with Crippen LogP contribution in [0.5, 0.6) is 0 Å². The summed E-state index contributed by atoms with van der Waals surface area (Å²) in [6.45, 7) is 0. The second-order valence-corrected chi connectivity index (χ2v) is 15.0. The first-order valence-corrected chi connectivity index (χ1v) is 19.6. The summed E-state index contributed by atoms with van der Waals surface area (Å²) >= 11 is 0. The lowest BCUT2D eigenvalue weighted by Crippen LogP contribution is -1.96. The number of hydrogen-bond donors (Lipinski definition) is 0. The highest BCUT2D eigenvalue weighted by Gasteiger charge is 2.21. The third-order valence-electron chi connectivity index (χ3n) is 11.9. The van der Waals surface area contributed by atoms with E-state index in [0.717, 1.165) is 27.8 Å². The van der Waals surface area contributed by atoms with Crippen LogP contribution in [0.15, 0.2) is 206 Å². The van der Waals surface area contributed by atoms with E-state index >= 15 is 0 Å². The van der Waals surface area contributed by atoms with Crippen LogP contribution in [0.4, 0.5) is 0 Å². The highest BCUT2D eigenvalue weighted by molar-refractivity contribution is 6.29. The van der Waals surface area contributed by atoms with E-state index in [9.17, 15) is 0 Å². The van der Waals surface area contributed by atoms with Crippen molar-refractivity contribution in [2.45, 2.75) is 0 Å². The molecule has 2 heteroatoms. The molecule has 0 aliphatic carbocycles.